The van der Waals surface area contributed by atoms with Crippen molar-refractivity contribution in [2.24, 2.45) is 0 Å². The van der Waals surface area contributed by atoms with Gasteiger partial charge in [0, 0.05) is 17.9 Å². The van der Waals surface area contributed by atoms with Gasteiger partial charge < -0.3 is 5.11 Å². The molecule has 0 aliphatic rings. The van der Waals surface area contributed by atoms with Crippen LogP contribution >= 0.6 is 11.6 Å². The largest absolute Gasteiger partial charge is 0.478 e. The highest BCUT2D eigenvalue weighted by atomic mass is 35.5. The van der Waals surface area contributed by atoms with Crippen molar-refractivity contribution in [3.8, 4) is 11.8 Å². The Morgan fingerprint density at radius 1 is 1.33 bits per heavy atom. The summed E-state index contributed by atoms with van der Waals surface area (Å²) in [6.45, 7) is 0. The Kier molecular flexibility index (Phi) is 4.62. The molecule has 0 saturated carbocycles. The van der Waals surface area contributed by atoms with Crippen molar-refractivity contribution in [1.82, 2.24) is 0 Å². The molecule has 1 rings (SSSR count). The number of carboxylic acids is 1. The van der Waals surface area contributed by atoms with Gasteiger partial charge in [-0.3, -0.25) is 0 Å². The van der Waals surface area contributed by atoms with Gasteiger partial charge in [-0.2, -0.15) is 13.2 Å². The molecule has 0 fully saturated rings. The smallest absolute Gasteiger partial charge is 0.416 e. The molecule has 2 nitrogen and oxygen atoms in total. The molecule has 0 aromatic heterocycles. The second-order valence-corrected chi connectivity index (χ2v) is 3.72. The van der Waals surface area contributed by atoms with E-state index in [1.165, 1.54) is 0 Å². The third-order valence-electron chi connectivity index (χ3n) is 1.96. The topological polar surface area (TPSA) is 37.3 Å². The summed E-state index contributed by atoms with van der Waals surface area (Å²) in [6.07, 6.45) is -4.28. The number of hydrogen-bond donors (Lipinski definition) is 1. The van der Waals surface area contributed by atoms with Crippen LogP contribution in [0, 0.1) is 11.8 Å². The van der Waals surface area contributed by atoms with Gasteiger partial charge in [0.25, 0.3) is 0 Å². The lowest BCUT2D eigenvalue weighted by atomic mass is 10.1. The van der Waals surface area contributed by atoms with E-state index < -0.39 is 23.3 Å². The predicted octanol–water partition coefficient (Wildman–Crippen LogP) is 3.38. The third kappa shape index (κ3) is 3.97. The predicted molar refractivity (Wildman–Crippen MR) is 60.6 cm³/mol. The van der Waals surface area contributed by atoms with E-state index in [0.717, 1.165) is 12.1 Å². The Bertz CT molecular complexity index is 512. The van der Waals surface area contributed by atoms with Crippen LogP contribution in [0.4, 0.5) is 13.2 Å². The van der Waals surface area contributed by atoms with E-state index in [0.29, 0.717) is 12.5 Å². The van der Waals surface area contributed by atoms with Crippen LogP contribution in [0.5, 0.6) is 0 Å². The van der Waals surface area contributed by atoms with Crippen LogP contribution in [0.1, 0.15) is 27.9 Å². The summed E-state index contributed by atoms with van der Waals surface area (Å²) in [5, 5.41) is 8.73. The van der Waals surface area contributed by atoms with Gasteiger partial charge in [0.1, 0.15) is 0 Å². The number of alkyl halides is 4. The molecule has 0 aliphatic carbocycles. The molecule has 0 bridgehead atoms. The number of hydrogen-bond acceptors (Lipinski definition) is 1. The quantitative estimate of drug-likeness (QED) is 0.664. The molecule has 1 N–H and O–H groups in total. The van der Waals surface area contributed by atoms with E-state index >= 15 is 0 Å². The van der Waals surface area contributed by atoms with Gasteiger partial charge in [0.05, 0.1) is 11.1 Å². The van der Waals surface area contributed by atoms with Crippen LogP contribution in [-0.2, 0) is 6.18 Å². The van der Waals surface area contributed by atoms with Crippen molar-refractivity contribution in [1.29, 1.82) is 0 Å². The highest BCUT2D eigenvalue weighted by molar-refractivity contribution is 6.18. The fourth-order valence-corrected chi connectivity index (χ4v) is 1.29. The van der Waals surface area contributed by atoms with E-state index in [4.69, 9.17) is 16.7 Å². The Morgan fingerprint density at radius 3 is 2.50 bits per heavy atom. The van der Waals surface area contributed by atoms with Crippen molar-refractivity contribution in [3.05, 3.63) is 34.9 Å². The van der Waals surface area contributed by atoms with E-state index in [2.05, 4.69) is 11.8 Å². The highest BCUT2D eigenvalue weighted by Crippen LogP contribution is 2.30. The first kappa shape index (κ1) is 14.4. The van der Waals surface area contributed by atoms with E-state index in [1.807, 2.05) is 0 Å². The van der Waals surface area contributed by atoms with Crippen LogP contribution in [0.15, 0.2) is 18.2 Å². The molecule has 18 heavy (non-hydrogen) atoms. The summed E-state index contributed by atoms with van der Waals surface area (Å²) < 4.78 is 37.6. The molecule has 0 heterocycles. The van der Waals surface area contributed by atoms with Crippen LogP contribution in [-0.4, -0.2) is 17.0 Å². The van der Waals surface area contributed by atoms with Gasteiger partial charge in [0.15, 0.2) is 0 Å². The Morgan fingerprint density at radius 2 is 2.00 bits per heavy atom. The molecular weight excluding hydrogens is 269 g/mol. The first-order valence-corrected chi connectivity index (χ1v) is 5.38. The summed E-state index contributed by atoms with van der Waals surface area (Å²) in [6, 6.07) is 2.49. The first-order valence-electron chi connectivity index (χ1n) is 4.85. The van der Waals surface area contributed by atoms with Crippen molar-refractivity contribution in [2.45, 2.75) is 12.6 Å². The van der Waals surface area contributed by atoms with Crippen molar-refractivity contribution in [3.63, 3.8) is 0 Å². The number of benzene rings is 1. The molecule has 6 heteroatoms. The highest BCUT2D eigenvalue weighted by Gasteiger charge is 2.31. The molecule has 0 radical (unpaired) electrons. The number of halogens is 4. The molecule has 0 spiro atoms. The first-order chi connectivity index (χ1) is 8.34. The summed E-state index contributed by atoms with van der Waals surface area (Å²) >= 11 is 5.38. The molecular formula is C12H8ClF3O2. The minimum atomic E-state index is -4.60. The molecule has 0 atom stereocenters. The Balaban J connectivity index is 3.24. The fourth-order valence-electron chi connectivity index (χ4n) is 1.20. The summed E-state index contributed by atoms with van der Waals surface area (Å²) in [7, 11) is 0. The third-order valence-corrected chi connectivity index (χ3v) is 2.15. The monoisotopic (exact) mass is 276 g/mol. The second-order valence-electron chi connectivity index (χ2n) is 3.34. The zero-order valence-corrected chi connectivity index (χ0v) is 9.77. The zero-order valence-electron chi connectivity index (χ0n) is 9.01. The lowest BCUT2D eigenvalue weighted by Crippen LogP contribution is -2.08. The average molecular weight is 277 g/mol. The van der Waals surface area contributed by atoms with E-state index in [9.17, 15) is 18.0 Å². The average Bonchev–Trinajstić information content (AvgIpc) is 2.28. The maximum atomic E-state index is 12.5. The maximum absolute atomic E-state index is 12.5. The van der Waals surface area contributed by atoms with Crippen molar-refractivity contribution >= 4 is 17.6 Å². The van der Waals surface area contributed by atoms with Gasteiger partial charge in [-0.1, -0.05) is 11.8 Å². The normalized spacial score (nSPS) is 10.7. The fraction of sp³-hybridized carbons (Fsp3) is 0.250. The number of rotatable bonds is 2. The molecule has 0 aliphatic heterocycles. The summed E-state index contributed by atoms with van der Waals surface area (Å²) in [4.78, 5) is 10.7. The lowest BCUT2D eigenvalue weighted by molar-refractivity contribution is -0.137. The molecule has 0 saturated heterocycles. The Labute approximate surface area is 106 Å². The van der Waals surface area contributed by atoms with Crippen LogP contribution < -0.4 is 0 Å². The van der Waals surface area contributed by atoms with E-state index in [-0.39, 0.29) is 11.4 Å². The standard InChI is InChI=1S/C12H8ClF3O2/c13-4-2-1-3-8-5-9(11(17)18)7-10(6-8)12(14,15)16/h5-7H,2,4H2,(H,17,18). The van der Waals surface area contributed by atoms with Crippen molar-refractivity contribution < 1.29 is 23.1 Å². The van der Waals surface area contributed by atoms with Crippen LogP contribution in [0.2, 0.25) is 0 Å². The summed E-state index contributed by atoms with van der Waals surface area (Å²) in [5.41, 5.74) is -1.47. The van der Waals surface area contributed by atoms with Gasteiger partial charge in [0.2, 0.25) is 0 Å². The Hall–Kier alpha value is -1.67. The second kappa shape index (κ2) is 5.78. The SMILES string of the molecule is O=C(O)c1cc(C#CCCCl)cc(C(F)(F)F)c1. The maximum Gasteiger partial charge on any atom is 0.416 e. The lowest BCUT2D eigenvalue weighted by Gasteiger charge is -2.08. The van der Waals surface area contributed by atoms with E-state index in [1.54, 1.807) is 0 Å². The van der Waals surface area contributed by atoms with Gasteiger partial charge in [-0.15, -0.1) is 11.6 Å². The van der Waals surface area contributed by atoms with Crippen molar-refractivity contribution in [2.75, 3.05) is 5.88 Å². The van der Waals surface area contributed by atoms with Gasteiger partial charge >= 0.3 is 12.1 Å². The van der Waals surface area contributed by atoms with Gasteiger partial charge in [-0.25, -0.2) is 4.79 Å². The molecule has 96 valence electrons. The zero-order chi connectivity index (χ0) is 13.8. The van der Waals surface area contributed by atoms with Gasteiger partial charge in [-0.05, 0) is 18.2 Å². The van der Waals surface area contributed by atoms with Crippen LogP contribution in [0.25, 0.3) is 0 Å². The number of aromatic carboxylic acids is 1. The molecule has 1 aromatic carbocycles. The molecule has 0 amide bonds. The number of carboxylic acid groups (broad SMARTS) is 1. The molecule has 0 unspecified atom stereocenters. The van der Waals surface area contributed by atoms with Crippen LogP contribution in [0.3, 0.4) is 0 Å². The number of carbonyl (C=O) groups is 1. The minimum Gasteiger partial charge on any atom is -0.478 e. The summed E-state index contributed by atoms with van der Waals surface area (Å²) in [5.74, 6) is 3.84. The minimum absolute atomic E-state index is 0.00680. The molecule has 1 aromatic rings.